The smallest absolute Gasteiger partial charge is 0.248 e. The van der Waals surface area contributed by atoms with E-state index in [0.717, 1.165) is 11.2 Å². The van der Waals surface area contributed by atoms with E-state index in [2.05, 4.69) is 21.2 Å². The Hall–Kier alpha value is -2.23. The first-order chi connectivity index (χ1) is 12.4. The highest BCUT2D eigenvalue weighted by Gasteiger charge is 2.33. The van der Waals surface area contributed by atoms with Gasteiger partial charge >= 0.3 is 0 Å². The summed E-state index contributed by atoms with van der Waals surface area (Å²) in [5.74, 6) is 0.342. The molecule has 26 heavy (non-hydrogen) atoms. The Kier molecular flexibility index (Phi) is 4.29. The minimum Gasteiger partial charge on any atom is -0.360 e. The van der Waals surface area contributed by atoms with Crippen LogP contribution in [0.1, 0.15) is 17.1 Å². The van der Waals surface area contributed by atoms with E-state index in [1.54, 1.807) is 13.8 Å². The largest absolute Gasteiger partial charge is 0.360 e. The van der Waals surface area contributed by atoms with Crippen molar-refractivity contribution in [3.05, 3.63) is 47.6 Å². The van der Waals surface area contributed by atoms with Gasteiger partial charge in [0, 0.05) is 38.9 Å². The van der Waals surface area contributed by atoms with Gasteiger partial charge in [0.05, 0.1) is 11.2 Å². The first kappa shape index (κ1) is 17.2. The van der Waals surface area contributed by atoms with Crippen LogP contribution in [0, 0.1) is 13.8 Å². The average Bonchev–Trinajstić information content (AvgIpc) is 3.17. The van der Waals surface area contributed by atoms with Crippen LogP contribution >= 0.6 is 0 Å². The maximum atomic E-state index is 12.9. The number of hydrogen-bond donors (Lipinski definition) is 0. The van der Waals surface area contributed by atoms with Crippen molar-refractivity contribution >= 4 is 15.5 Å². The third kappa shape index (κ3) is 3.02. The number of pyridine rings is 1. The van der Waals surface area contributed by atoms with Crippen molar-refractivity contribution in [2.75, 3.05) is 26.2 Å². The van der Waals surface area contributed by atoms with Crippen molar-refractivity contribution in [3.8, 4) is 0 Å². The SMILES string of the molecule is Cc1noc(C)c1S(=O)(=O)N1CCN(Cc2cc3ccccn3n2)CC1. The molecule has 1 saturated heterocycles. The molecule has 0 N–H and O–H groups in total. The summed E-state index contributed by atoms with van der Waals surface area (Å²) in [6, 6.07) is 8.01. The topological polar surface area (TPSA) is 84.0 Å². The Morgan fingerprint density at radius 2 is 1.92 bits per heavy atom. The van der Waals surface area contributed by atoms with E-state index in [1.165, 1.54) is 4.31 Å². The molecule has 1 aliphatic rings. The molecule has 0 atom stereocenters. The molecule has 0 spiro atoms. The normalized spacial score (nSPS) is 17.2. The maximum absolute atomic E-state index is 12.9. The summed E-state index contributed by atoms with van der Waals surface area (Å²) in [4.78, 5) is 2.42. The second-order valence-corrected chi connectivity index (χ2v) is 8.41. The van der Waals surface area contributed by atoms with Gasteiger partial charge in [-0.25, -0.2) is 12.9 Å². The molecule has 3 aromatic rings. The Morgan fingerprint density at radius 1 is 1.15 bits per heavy atom. The van der Waals surface area contributed by atoms with Crippen molar-refractivity contribution in [2.24, 2.45) is 0 Å². The van der Waals surface area contributed by atoms with E-state index in [9.17, 15) is 8.42 Å². The molecule has 0 aliphatic carbocycles. The fourth-order valence-corrected chi connectivity index (χ4v) is 5.11. The van der Waals surface area contributed by atoms with Crippen LogP contribution in [-0.4, -0.2) is 58.6 Å². The number of piperazine rings is 1. The van der Waals surface area contributed by atoms with Crippen LogP contribution in [0.15, 0.2) is 39.9 Å². The first-order valence-electron chi connectivity index (χ1n) is 8.54. The van der Waals surface area contributed by atoms with E-state index in [1.807, 2.05) is 28.9 Å². The van der Waals surface area contributed by atoms with E-state index in [4.69, 9.17) is 4.52 Å². The maximum Gasteiger partial charge on any atom is 0.248 e. The van der Waals surface area contributed by atoms with E-state index in [-0.39, 0.29) is 4.90 Å². The molecule has 1 aliphatic heterocycles. The van der Waals surface area contributed by atoms with Crippen LogP contribution in [0.4, 0.5) is 0 Å². The van der Waals surface area contributed by atoms with Gasteiger partial charge < -0.3 is 4.52 Å². The van der Waals surface area contributed by atoms with Gasteiger partial charge in [0.25, 0.3) is 0 Å². The summed E-state index contributed by atoms with van der Waals surface area (Å²) in [6.07, 6.45) is 1.92. The Bertz CT molecular complexity index is 979. The molecule has 138 valence electrons. The number of sulfonamides is 1. The minimum absolute atomic E-state index is 0.200. The molecule has 0 radical (unpaired) electrons. The number of aryl methyl sites for hydroxylation is 2. The van der Waals surface area contributed by atoms with Crippen molar-refractivity contribution in [1.82, 2.24) is 24.0 Å². The molecule has 4 rings (SSSR count). The zero-order valence-electron chi connectivity index (χ0n) is 14.8. The number of aromatic nitrogens is 3. The second kappa shape index (κ2) is 6.49. The van der Waals surface area contributed by atoms with Crippen molar-refractivity contribution in [3.63, 3.8) is 0 Å². The fraction of sp³-hybridized carbons (Fsp3) is 0.412. The van der Waals surface area contributed by atoms with Gasteiger partial charge in [0.2, 0.25) is 10.0 Å². The van der Waals surface area contributed by atoms with Gasteiger partial charge in [-0.2, -0.15) is 9.40 Å². The molecule has 0 bridgehead atoms. The summed E-state index contributed by atoms with van der Waals surface area (Å²) in [7, 11) is -3.57. The minimum atomic E-state index is -3.57. The summed E-state index contributed by atoms with van der Waals surface area (Å²) >= 11 is 0. The highest BCUT2D eigenvalue weighted by atomic mass is 32.2. The van der Waals surface area contributed by atoms with Crippen molar-refractivity contribution < 1.29 is 12.9 Å². The molecule has 0 saturated carbocycles. The zero-order chi connectivity index (χ0) is 18.3. The van der Waals surface area contributed by atoms with Gasteiger partial charge in [-0.15, -0.1) is 0 Å². The molecule has 0 aromatic carbocycles. The second-order valence-electron chi connectivity index (χ2n) is 6.54. The molecule has 4 heterocycles. The summed E-state index contributed by atoms with van der Waals surface area (Å²) in [5, 5.41) is 8.33. The van der Waals surface area contributed by atoms with E-state index >= 15 is 0 Å². The Morgan fingerprint density at radius 3 is 2.58 bits per heavy atom. The summed E-state index contributed by atoms with van der Waals surface area (Å²) < 4.78 is 34.1. The first-order valence-corrected chi connectivity index (χ1v) is 9.98. The Labute approximate surface area is 152 Å². The third-order valence-corrected chi connectivity index (χ3v) is 6.85. The monoisotopic (exact) mass is 375 g/mol. The average molecular weight is 375 g/mol. The van der Waals surface area contributed by atoms with Gasteiger partial charge in [0.15, 0.2) is 5.76 Å². The quantitative estimate of drug-likeness (QED) is 0.686. The molecule has 8 nitrogen and oxygen atoms in total. The molecule has 0 unspecified atom stereocenters. The van der Waals surface area contributed by atoms with Gasteiger partial charge in [-0.3, -0.25) is 4.90 Å². The number of hydrogen-bond acceptors (Lipinski definition) is 6. The summed E-state index contributed by atoms with van der Waals surface area (Å²) in [6.45, 7) is 6.21. The molecule has 0 amide bonds. The lowest BCUT2D eigenvalue weighted by Crippen LogP contribution is -2.48. The van der Waals surface area contributed by atoms with Crippen molar-refractivity contribution in [2.45, 2.75) is 25.3 Å². The van der Waals surface area contributed by atoms with E-state index < -0.39 is 10.0 Å². The van der Waals surface area contributed by atoms with Crippen LogP contribution in [-0.2, 0) is 16.6 Å². The Balaban J connectivity index is 1.44. The van der Waals surface area contributed by atoms with Gasteiger partial charge in [-0.1, -0.05) is 11.2 Å². The number of nitrogens with zero attached hydrogens (tertiary/aromatic N) is 5. The lowest BCUT2D eigenvalue weighted by atomic mass is 10.3. The highest BCUT2D eigenvalue weighted by Crippen LogP contribution is 2.24. The summed E-state index contributed by atoms with van der Waals surface area (Å²) in [5.41, 5.74) is 2.45. The highest BCUT2D eigenvalue weighted by molar-refractivity contribution is 7.89. The third-order valence-electron chi connectivity index (χ3n) is 4.70. The molecule has 1 fully saturated rings. The zero-order valence-corrected chi connectivity index (χ0v) is 15.6. The van der Waals surface area contributed by atoms with E-state index in [0.29, 0.717) is 44.2 Å². The molecular formula is C17H21N5O3S. The lowest BCUT2D eigenvalue weighted by Gasteiger charge is -2.33. The van der Waals surface area contributed by atoms with Crippen molar-refractivity contribution in [1.29, 1.82) is 0 Å². The predicted molar refractivity (Wildman–Crippen MR) is 95.2 cm³/mol. The number of rotatable bonds is 4. The lowest BCUT2D eigenvalue weighted by molar-refractivity contribution is 0.179. The van der Waals surface area contributed by atoms with Crippen LogP contribution in [0.2, 0.25) is 0 Å². The van der Waals surface area contributed by atoms with Crippen LogP contribution in [0.25, 0.3) is 5.52 Å². The van der Waals surface area contributed by atoms with Crippen LogP contribution in [0.3, 0.4) is 0 Å². The fourth-order valence-electron chi connectivity index (χ4n) is 3.40. The molecule has 3 aromatic heterocycles. The molecule has 9 heteroatoms. The standard InChI is InChI=1S/C17H21N5O3S/c1-13-17(14(2)25-19-13)26(23,24)21-9-7-20(8-10-21)12-15-11-16-5-3-4-6-22(16)18-15/h3-6,11H,7-10,12H2,1-2H3. The van der Waals surface area contributed by atoms with Crippen LogP contribution < -0.4 is 0 Å². The van der Waals surface area contributed by atoms with Gasteiger partial charge in [-0.05, 0) is 32.0 Å². The van der Waals surface area contributed by atoms with Gasteiger partial charge in [0.1, 0.15) is 10.6 Å². The van der Waals surface area contributed by atoms with Crippen LogP contribution in [0.5, 0.6) is 0 Å². The molecular weight excluding hydrogens is 354 g/mol. The number of fused-ring (bicyclic) bond motifs is 1. The predicted octanol–water partition coefficient (Wildman–Crippen LogP) is 1.45.